The Kier molecular flexibility index (Phi) is 5.81. The highest BCUT2D eigenvalue weighted by Crippen LogP contribution is 2.08. The molecular weight excluding hydrogens is 238 g/mol. The average molecular weight is 259 g/mol. The number of carboxylic acid groups (broad SMARTS) is 1. The summed E-state index contributed by atoms with van der Waals surface area (Å²) in [5, 5.41) is 11.1. The smallest absolute Gasteiger partial charge is 0.408 e. The summed E-state index contributed by atoms with van der Waals surface area (Å²) >= 11 is 0. The minimum absolute atomic E-state index is 0.119. The molecule has 0 aromatic rings. The van der Waals surface area contributed by atoms with Gasteiger partial charge in [0.25, 0.3) is 0 Å². The summed E-state index contributed by atoms with van der Waals surface area (Å²) in [5.74, 6) is -2.14. The molecule has 0 fully saturated rings. The van der Waals surface area contributed by atoms with Crippen molar-refractivity contribution in [2.24, 2.45) is 5.92 Å². The van der Waals surface area contributed by atoms with Gasteiger partial charge in [0.05, 0.1) is 12.0 Å². The van der Waals surface area contributed by atoms with E-state index in [0.717, 1.165) is 0 Å². The van der Waals surface area contributed by atoms with Gasteiger partial charge in [-0.25, -0.2) is 4.79 Å². The number of carboxylic acids is 1. The monoisotopic (exact) mass is 259 g/mol. The van der Waals surface area contributed by atoms with Crippen molar-refractivity contribution in [1.82, 2.24) is 5.32 Å². The van der Waals surface area contributed by atoms with Crippen LogP contribution in [-0.2, 0) is 14.3 Å². The van der Waals surface area contributed by atoms with Crippen molar-refractivity contribution in [3.8, 4) is 0 Å². The molecule has 0 spiro atoms. The van der Waals surface area contributed by atoms with Gasteiger partial charge in [0.15, 0.2) is 5.78 Å². The molecule has 0 bridgehead atoms. The highest BCUT2D eigenvalue weighted by atomic mass is 16.6. The first-order valence-corrected chi connectivity index (χ1v) is 5.78. The Bertz CT molecular complexity index is 332. The summed E-state index contributed by atoms with van der Waals surface area (Å²) < 4.78 is 4.99. The van der Waals surface area contributed by atoms with E-state index in [-0.39, 0.29) is 12.2 Å². The van der Waals surface area contributed by atoms with Gasteiger partial charge in [0, 0.05) is 6.42 Å². The van der Waals surface area contributed by atoms with Gasteiger partial charge in [-0.2, -0.15) is 0 Å². The van der Waals surface area contributed by atoms with Gasteiger partial charge in [-0.3, -0.25) is 9.59 Å². The molecule has 0 aromatic heterocycles. The Balaban J connectivity index is 4.24. The van der Waals surface area contributed by atoms with Crippen LogP contribution in [0.15, 0.2) is 0 Å². The number of hydrogen-bond acceptors (Lipinski definition) is 4. The first-order chi connectivity index (χ1) is 8.03. The van der Waals surface area contributed by atoms with Crippen molar-refractivity contribution in [3.05, 3.63) is 0 Å². The lowest BCUT2D eigenvalue weighted by atomic mass is 10.0. The lowest BCUT2D eigenvalue weighted by Crippen LogP contribution is -2.42. The summed E-state index contributed by atoms with van der Waals surface area (Å²) in [6.07, 6.45) is -0.807. The Morgan fingerprint density at radius 2 is 1.72 bits per heavy atom. The Morgan fingerprint density at radius 1 is 1.22 bits per heavy atom. The van der Waals surface area contributed by atoms with E-state index in [4.69, 9.17) is 9.84 Å². The second-order valence-corrected chi connectivity index (χ2v) is 5.28. The van der Waals surface area contributed by atoms with E-state index in [2.05, 4.69) is 5.32 Å². The molecule has 0 aliphatic heterocycles. The Hall–Kier alpha value is -1.59. The molecule has 0 radical (unpaired) electrons. The standard InChI is InChI=1S/C12H21NO5/c1-7(10(15)16)6-9(14)8(2)13-11(17)18-12(3,4)5/h7-8H,6H2,1-5H3,(H,13,17)(H,15,16). The Labute approximate surface area is 107 Å². The van der Waals surface area contributed by atoms with Crippen LogP contribution in [-0.4, -0.2) is 34.6 Å². The second-order valence-electron chi connectivity index (χ2n) is 5.28. The number of ketones is 1. The molecule has 0 saturated carbocycles. The summed E-state index contributed by atoms with van der Waals surface area (Å²) in [6, 6.07) is -0.762. The molecule has 6 nitrogen and oxygen atoms in total. The topological polar surface area (TPSA) is 92.7 Å². The van der Waals surface area contributed by atoms with Gasteiger partial charge in [-0.15, -0.1) is 0 Å². The first-order valence-electron chi connectivity index (χ1n) is 5.78. The van der Waals surface area contributed by atoms with Crippen LogP contribution < -0.4 is 5.32 Å². The van der Waals surface area contributed by atoms with Crippen molar-refractivity contribution in [2.75, 3.05) is 0 Å². The lowest BCUT2D eigenvalue weighted by molar-refractivity contribution is -0.143. The molecule has 0 rings (SSSR count). The molecule has 2 atom stereocenters. The largest absolute Gasteiger partial charge is 0.481 e. The SMILES string of the molecule is CC(CC(=O)C(C)NC(=O)OC(C)(C)C)C(=O)O. The zero-order chi connectivity index (χ0) is 14.5. The number of amides is 1. The molecule has 0 aliphatic carbocycles. The number of Topliss-reactive ketones (excluding diaryl/α,β-unsaturated/α-hetero) is 1. The highest BCUT2D eigenvalue weighted by Gasteiger charge is 2.23. The molecular formula is C12H21NO5. The molecule has 2 unspecified atom stereocenters. The Morgan fingerprint density at radius 3 is 2.11 bits per heavy atom. The average Bonchev–Trinajstić information content (AvgIpc) is 2.13. The van der Waals surface area contributed by atoms with Gasteiger partial charge in [0.2, 0.25) is 0 Å². The number of ether oxygens (including phenoxy) is 1. The maximum atomic E-state index is 11.6. The van der Waals surface area contributed by atoms with Crippen LogP contribution in [0, 0.1) is 5.92 Å². The van der Waals surface area contributed by atoms with Gasteiger partial charge in [-0.1, -0.05) is 6.92 Å². The third kappa shape index (κ3) is 6.88. The number of aliphatic carboxylic acids is 1. The number of rotatable bonds is 5. The zero-order valence-corrected chi connectivity index (χ0v) is 11.4. The quantitative estimate of drug-likeness (QED) is 0.782. The van der Waals surface area contributed by atoms with Crippen LogP contribution in [0.5, 0.6) is 0 Å². The van der Waals surface area contributed by atoms with Gasteiger partial charge in [-0.05, 0) is 27.7 Å². The molecule has 6 heteroatoms. The molecule has 1 amide bonds. The molecule has 18 heavy (non-hydrogen) atoms. The summed E-state index contributed by atoms with van der Waals surface area (Å²) in [4.78, 5) is 33.6. The summed E-state index contributed by atoms with van der Waals surface area (Å²) in [6.45, 7) is 8.09. The van der Waals surface area contributed by atoms with E-state index in [1.807, 2.05) is 0 Å². The van der Waals surface area contributed by atoms with Crippen LogP contribution >= 0.6 is 0 Å². The molecule has 0 aliphatic rings. The van der Waals surface area contributed by atoms with Crippen LogP contribution in [0.1, 0.15) is 41.0 Å². The first kappa shape index (κ1) is 16.4. The lowest BCUT2D eigenvalue weighted by Gasteiger charge is -2.21. The van der Waals surface area contributed by atoms with Crippen molar-refractivity contribution in [2.45, 2.75) is 52.7 Å². The van der Waals surface area contributed by atoms with E-state index in [1.165, 1.54) is 13.8 Å². The highest BCUT2D eigenvalue weighted by molar-refractivity contribution is 5.89. The molecule has 0 aromatic carbocycles. The minimum atomic E-state index is -1.03. The van der Waals surface area contributed by atoms with Crippen LogP contribution in [0.4, 0.5) is 4.79 Å². The normalized spacial score (nSPS) is 14.5. The fraction of sp³-hybridized carbons (Fsp3) is 0.750. The number of hydrogen-bond donors (Lipinski definition) is 2. The van der Waals surface area contributed by atoms with Crippen molar-refractivity contribution < 1.29 is 24.2 Å². The van der Waals surface area contributed by atoms with Crippen molar-refractivity contribution >= 4 is 17.8 Å². The van der Waals surface area contributed by atoms with Gasteiger partial charge in [0.1, 0.15) is 5.60 Å². The van der Waals surface area contributed by atoms with E-state index < -0.39 is 29.6 Å². The van der Waals surface area contributed by atoms with Crippen LogP contribution in [0.2, 0.25) is 0 Å². The van der Waals surface area contributed by atoms with Crippen molar-refractivity contribution in [1.29, 1.82) is 0 Å². The van der Waals surface area contributed by atoms with Crippen molar-refractivity contribution in [3.63, 3.8) is 0 Å². The number of nitrogens with one attached hydrogen (secondary N) is 1. The van der Waals surface area contributed by atoms with Crippen LogP contribution in [0.3, 0.4) is 0 Å². The van der Waals surface area contributed by atoms with Crippen LogP contribution in [0.25, 0.3) is 0 Å². The molecule has 104 valence electrons. The van der Waals surface area contributed by atoms with E-state index in [9.17, 15) is 14.4 Å². The third-order valence-electron chi connectivity index (χ3n) is 2.15. The maximum Gasteiger partial charge on any atom is 0.408 e. The summed E-state index contributed by atoms with van der Waals surface area (Å²) in [7, 11) is 0. The zero-order valence-electron chi connectivity index (χ0n) is 11.4. The van der Waals surface area contributed by atoms with Gasteiger partial charge < -0.3 is 15.2 Å². The maximum absolute atomic E-state index is 11.6. The molecule has 2 N–H and O–H groups in total. The number of carbonyl (C=O) groups excluding carboxylic acids is 2. The minimum Gasteiger partial charge on any atom is -0.481 e. The molecule has 0 heterocycles. The fourth-order valence-corrected chi connectivity index (χ4v) is 1.13. The number of alkyl carbamates (subject to hydrolysis) is 1. The predicted molar refractivity (Wildman–Crippen MR) is 65.3 cm³/mol. The second kappa shape index (κ2) is 6.37. The predicted octanol–water partition coefficient (Wildman–Crippen LogP) is 1.58. The summed E-state index contributed by atoms with van der Waals surface area (Å²) in [5.41, 5.74) is -0.638. The number of carbonyl (C=O) groups is 3. The van der Waals surface area contributed by atoms with E-state index in [0.29, 0.717) is 0 Å². The fourth-order valence-electron chi connectivity index (χ4n) is 1.13. The third-order valence-corrected chi connectivity index (χ3v) is 2.15. The van der Waals surface area contributed by atoms with E-state index >= 15 is 0 Å². The molecule has 0 saturated heterocycles. The van der Waals surface area contributed by atoms with Gasteiger partial charge >= 0.3 is 12.1 Å². The van der Waals surface area contributed by atoms with E-state index in [1.54, 1.807) is 20.8 Å².